The number of allylic oxidation sites excluding steroid dienone is 1. The van der Waals surface area contributed by atoms with Crippen molar-refractivity contribution in [1.82, 2.24) is 0 Å². The van der Waals surface area contributed by atoms with Crippen LogP contribution in [0.5, 0.6) is 11.5 Å². The normalized spacial score (nSPS) is 19.8. The van der Waals surface area contributed by atoms with Gasteiger partial charge < -0.3 is 19.2 Å². The van der Waals surface area contributed by atoms with Crippen molar-refractivity contribution in [3.63, 3.8) is 0 Å². The number of methoxy groups -OCH3 is 1. The average molecular weight is 445 g/mol. The second-order valence-corrected chi connectivity index (χ2v) is 9.26. The summed E-state index contributed by atoms with van der Waals surface area (Å²) < 4.78 is 10.7. The van der Waals surface area contributed by atoms with E-state index in [9.17, 15) is 19.5 Å². The Labute approximate surface area is 189 Å². The Morgan fingerprint density at radius 2 is 1.97 bits per heavy atom. The van der Waals surface area contributed by atoms with Crippen LogP contribution in [0.1, 0.15) is 54.6 Å². The molecule has 3 heterocycles. The molecule has 1 aromatic heterocycles. The Morgan fingerprint density at radius 1 is 1.21 bits per heavy atom. The van der Waals surface area contributed by atoms with Crippen LogP contribution in [0.25, 0.3) is 16.5 Å². The van der Waals surface area contributed by atoms with Crippen molar-refractivity contribution in [2.75, 3.05) is 12.0 Å². The van der Waals surface area contributed by atoms with Gasteiger partial charge in [0.05, 0.1) is 18.4 Å². The highest BCUT2D eigenvalue weighted by molar-refractivity contribution is 6.36. The predicted octanol–water partition coefficient (Wildman–Crippen LogP) is 4.41. The number of benzene rings is 2. The second kappa shape index (κ2) is 7.07. The summed E-state index contributed by atoms with van der Waals surface area (Å²) in [7, 11) is 1.56. The van der Waals surface area contributed by atoms with E-state index >= 15 is 0 Å². The van der Waals surface area contributed by atoms with E-state index in [1.165, 1.54) is 24.3 Å². The summed E-state index contributed by atoms with van der Waals surface area (Å²) >= 11 is 0. The molecule has 33 heavy (non-hydrogen) atoms. The topological polar surface area (TPSA) is 97.1 Å². The van der Waals surface area contributed by atoms with Crippen molar-refractivity contribution >= 4 is 33.9 Å². The van der Waals surface area contributed by atoms with Crippen LogP contribution in [-0.2, 0) is 4.79 Å². The van der Waals surface area contributed by atoms with Crippen molar-refractivity contribution in [3.8, 4) is 11.5 Å². The lowest BCUT2D eigenvalue weighted by Gasteiger charge is -2.43. The number of aromatic hydroxyl groups is 1. The second-order valence-electron chi connectivity index (χ2n) is 9.26. The van der Waals surface area contributed by atoms with Crippen LogP contribution in [0, 0.1) is 0 Å². The molecule has 2 aromatic carbocycles. The van der Waals surface area contributed by atoms with Crippen molar-refractivity contribution in [2.24, 2.45) is 0 Å². The Balaban J connectivity index is 1.68. The van der Waals surface area contributed by atoms with Crippen LogP contribution in [-0.4, -0.2) is 29.4 Å². The molecule has 168 valence electrons. The molecule has 1 amide bonds. The predicted molar refractivity (Wildman–Crippen MR) is 124 cm³/mol. The standard InChI is InChI=1S/C26H23NO6/c1-13-12-26(2,3)27-23-17(13)9-16(32-4)10-18(23)19(24(27)30)11-21(29)20-7-14-5-6-15(28)8-22(14)33-25(20)31/h5-11,13,28H,12H2,1-4H3/b19-11+. The number of fused-ring (bicyclic) bond motifs is 1. The summed E-state index contributed by atoms with van der Waals surface area (Å²) in [5.74, 6) is -0.142. The zero-order valence-corrected chi connectivity index (χ0v) is 18.8. The molecule has 0 saturated heterocycles. The van der Waals surface area contributed by atoms with Gasteiger partial charge in [-0.2, -0.15) is 0 Å². The first kappa shape index (κ1) is 21.0. The highest BCUT2D eigenvalue weighted by atomic mass is 16.5. The van der Waals surface area contributed by atoms with E-state index in [1.54, 1.807) is 24.1 Å². The van der Waals surface area contributed by atoms with Gasteiger partial charge in [0.2, 0.25) is 0 Å². The average Bonchev–Trinajstić information content (AvgIpc) is 3.03. The zero-order chi connectivity index (χ0) is 23.7. The van der Waals surface area contributed by atoms with Crippen LogP contribution < -0.4 is 15.3 Å². The Bertz CT molecular complexity index is 1450. The summed E-state index contributed by atoms with van der Waals surface area (Å²) in [6.07, 6.45) is 1.98. The van der Waals surface area contributed by atoms with Crippen LogP contribution in [0.3, 0.4) is 0 Å². The third-order valence-electron chi connectivity index (χ3n) is 6.50. The molecule has 7 heteroatoms. The molecule has 1 N–H and O–H groups in total. The molecular formula is C26H23NO6. The largest absolute Gasteiger partial charge is 0.508 e. The molecule has 1 atom stereocenters. The first-order valence-corrected chi connectivity index (χ1v) is 10.7. The van der Waals surface area contributed by atoms with Gasteiger partial charge in [-0.15, -0.1) is 0 Å². The number of phenols is 1. The molecule has 0 bridgehead atoms. The van der Waals surface area contributed by atoms with Gasteiger partial charge in [0.15, 0.2) is 5.78 Å². The van der Waals surface area contributed by atoms with Crippen LogP contribution >= 0.6 is 0 Å². The molecule has 0 spiro atoms. The molecule has 2 aliphatic heterocycles. The fourth-order valence-corrected chi connectivity index (χ4v) is 5.06. The minimum Gasteiger partial charge on any atom is -0.508 e. The lowest BCUT2D eigenvalue weighted by atomic mass is 9.80. The first-order valence-electron chi connectivity index (χ1n) is 10.7. The minimum atomic E-state index is -0.831. The summed E-state index contributed by atoms with van der Waals surface area (Å²) in [5, 5.41) is 10.1. The Hall–Kier alpha value is -3.87. The lowest BCUT2D eigenvalue weighted by Crippen LogP contribution is -2.49. The maximum Gasteiger partial charge on any atom is 0.347 e. The number of hydrogen-bond acceptors (Lipinski definition) is 6. The number of nitrogens with zero attached hydrogens (tertiary/aromatic N) is 1. The smallest absolute Gasteiger partial charge is 0.347 e. The highest BCUT2D eigenvalue weighted by Gasteiger charge is 2.47. The number of carbonyl (C=O) groups excluding carboxylic acids is 2. The molecule has 5 rings (SSSR count). The van der Waals surface area contributed by atoms with Gasteiger partial charge in [-0.1, -0.05) is 6.92 Å². The van der Waals surface area contributed by atoms with Crippen molar-refractivity contribution in [2.45, 2.75) is 38.6 Å². The van der Waals surface area contributed by atoms with E-state index in [1.807, 2.05) is 19.9 Å². The third kappa shape index (κ3) is 3.15. The molecule has 0 aliphatic carbocycles. The Kier molecular flexibility index (Phi) is 4.50. The first-order chi connectivity index (χ1) is 15.6. The van der Waals surface area contributed by atoms with E-state index in [4.69, 9.17) is 9.15 Å². The number of ketones is 1. The van der Waals surface area contributed by atoms with E-state index in [-0.39, 0.29) is 34.3 Å². The molecular weight excluding hydrogens is 422 g/mol. The summed E-state index contributed by atoms with van der Waals surface area (Å²) in [6, 6.07) is 9.42. The van der Waals surface area contributed by atoms with E-state index in [0.29, 0.717) is 16.7 Å². The van der Waals surface area contributed by atoms with Crippen LogP contribution in [0.4, 0.5) is 5.69 Å². The van der Waals surface area contributed by atoms with Crippen molar-refractivity contribution in [1.29, 1.82) is 0 Å². The van der Waals surface area contributed by atoms with Gasteiger partial charge >= 0.3 is 5.63 Å². The quantitative estimate of drug-likeness (QED) is 0.365. The van der Waals surface area contributed by atoms with Gasteiger partial charge in [-0.3, -0.25) is 9.59 Å². The summed E-state index contributed by atoms with van der Waals surface area (Å²) in [4.78, 5) is 41.0. The number of amides is 1. The van der Waals surface area contributed by atoms with Crippen LogP contribution in [0.15, 0.2) is 51.7 Å². The van der Waals surface area contributed by atoms with E-state index < -0.39 is 16.9 Å². The monoisotopic (exact) mass is 445 g/mol. The molecule has 0 saturated carbocycles. The highest BCUT2D eigenvalue weighted by Crippen LogP contribution is 2.53. The number of rotatable bonds is 3. The van der Waals surface area contributed by atoms with Gasteiger partial charge in [-0.25, -0.2) is 4.79 Å². The number of carbonyl (C=O) groups is 2. The fourth-order valence-electron chi connectivity index (χ4n) is 5.06. The van der Waals surface area contributed by atoms with Crippen molar-refractivity contribution in [3.05, 3.63) is 69.6 Å². The summed E-state index contributed by atoms with van der Waals surface area (Å²) in [6.45, 7) is 6.14. The van der Waals surface area contributed by atoms with Gasteiger partial charge in [0.25, 0.3) is 5.91 Å². The van der Waals surface area contributed by atoms with Gasteiger partial charge in [-0.05, 0) is 68.2 Å². The number of hydrogen-bond donors (Lipinski definition) is 1. The Morgan fingerprint density at radius 3 is 2.70 bits per heavy atom. The zero-order valence-electron chi connectivity index (χ0n) is 18.8. The molecule has 3 aromatic rings. The molecule has 2 aliphatic rings. The van der Waals surface area contributed by atoms with Gasteiger partial charge in [0.1, 0.15) is 22.6 Å². The molecule has 1 unspecified atom stereocenters. The summed E-state index contributed by atoms with van der Waals surface area (Å²) in [5.41, 5.74) is 1.37. The number of phenolic OH excluding ortho intramolecular Hbond substituents is 1. The molecule has 0 radical (unpaired) electrons. The molecule has 7 nitrogen and oxygen atoms in total. The lowest BCUT2D eigenvalue weighted by molar-refractivity contribution is -0.114. The fraction of sp³-hybridized carbons (Fsp3) is 0.269. The SMILES string of the molecule is COc1cc2c3c(c1)C(C)CC(C)(C)N3C(=O)/C2=C/C(=O)c1cc2ccc(O)cc2oc1=O. The number of ether oxygens (including phenoxy) is 1. The molecule has 0 fully saturated rings. The minimum absolute atomic E-state index is 0.0489. The van der Waals surface area contributed by atoms with Crippen LogP contribution in [0.2, 0.25) is 0 Å². The number of anilines is 1. The maximum atomic E-state index is 13.5. The van der Waals surface area contributed by atoms with Gasteiger partial charge in [0, 0.05) is 22.6 Å². The van der Waals surface area contributed by atoms with Crippen molar-refractivity contribution < 1.29 is 23.8 Å². The van der Waals surface area contributed by atoms with E-state index in [0.717, 1.165) is 17.7 Å². The maximum absolute atomic E-state index is 13.5. The van der Waals surface area contributed by atoms with E-state index in [2.05, 4.69) is 6.92 Å². The third-order valence-corrected chi connectivity index (χ3v) is 6.50.